The number of hydrogen-bond donors (Lipinski definition) is 2. The number of nitrogens with one attached hydrogen (secondary N) is 1. The van der Waals surface area contributed by atoms with Gasteiger partial charge in [-0.1, -0.05) is 32.6 Å². The first-order chi connectivity index (χ1) is 18.0. The second kappa shape index (κ2) is 10.4. The molecule has 0 aliphatic rings. The number of benzene rings is 2. The summed E-state index contributed by atoms with van der Waals surface area (Å²) >= 11 is 0. The van der Waals surface area contributed by atoms with Gasteiger partial charge >= 0.3 is 0 Å². The number of fused-ring (bicyclic) bond motifs is 1. The minimum Gasteiger partial charge on any atom is -0.383 e. The van der Waals surface area contributed by atoms with Gasteiger partial charge in [-0.2, -0.15) is 4.36 Å². The van der Waals surface area contributed by atoms with Crippen LogP contribution in [0.1, 0.15) is 26.3 Å². The van der Waals surface area contributed by atoms with E-state index in [0.717, 1.165) is 16.8 Å². The van der Waals surface area contributed by atoms with Gasteiger partial charge in [-0.15, -0.1) is 0 Å². The Labute approximate surface area is 222 Å². The second-order valence-electron chi connectivity index (χ2n) is 9.11. The molecule has 4 rings (SSSR count). The standard InChI is InChI=1S/C28H31FN6O2S/c1-7-38(37,8-2)34-22-12-9-18(14-21(22)29)23-24-26(30)31-15-32-27(24)35(6)25(23)20-11-10-19(13-17(20)5)33-28(36)16(3)4/h9-15H,3,7-8H2,1-2,4-6H3,(H,33,36)(H2,30,31,32). The van der Waals surface area contributed by atoms with Gasteiger partial charge in [-0.25, -0.2) is 18.6 Å². The Morgan fingerprint density at radius 2 is 1.89 bits per heavy atom. The van der Waals surface area contributed by atoms with Crippen LogP contribution in [0, 0.1) is 12.7 Å². The predicted octanol–water partition coefficient (Wildman–Crippen LogP) is 5.99. The lowest BCUT2D eigenvalue weighted by atomic mass is 9.95. The van der Waals surface area contributed by atoms with Crippen LogP contribution in [0.2, 0.25) is 0 Å². The van der Waals surface area contributed by atoms with Crippen LogP contribution in [-0.4, -0.2) is 36.2 Å². The number of aryl methyl sites for hydroxylation is 2. The number of halogens is 1. The highest BCUT2D eigenvalue weighted by atomic mass is 32.2. The van der Waals surface area contributed by atoms with Crippen molar-refractivity contribution >= 4 is 43.9 Å². The third-order valence-electron chi connectivity index (χ3n) is 6.53. The Morgan fingerprint density at radius 3 is 2.50 bits per heavy atom. The quantitative estimate of drug-likeness (QED) is 0.283. The van der Waals surface area contributed by atoms with Crippen LogP contribution in [-0.2, 0) is 21.6 Å². The van der Waals surface area contributed by atoms with Crippen molar-refractivity contribution in [2.24, 2.45) is 11.4 Å². The van der Waals surface area contributed by atoms with E-state index < -0.39 is 15.5 Å². The van der Waals surface area contributed by atoms with E-state index >= 15 is 4.39 Å². The van der Waals surface area contributed by atoms with E-state index in [2.05, 4.69) is 26.2 Å². The fourth-order valence-electron chi connectivity index (χ4n) is 4.37. The Kier molecular flexibility index (Phi) is 7.37. The third-order valence-corrected chi connectivity index (χ3v) is 8.86. The maximum atomic E-state index is 15.4. The maximum absolute atomic E-state index is 15.4. The van der Waals surface area contributed by atoms with Gasteiger partial charge in [0.15, 0.2) is 0 Å². The molecule has 1 amide bonds. The Morgan fingerprint density at radius 1 is 1.18 bits per heavy atom. The predicted molar refractivity (Wildman–Crippen MR) is 153 cm³/mol. The highest BCUT2D eigenvalue weighted by Crippen LogP contribution is 2.43. The number of amides is 1. The van der Waals surface area contributed by atoms with Gasteiger partial charge in [0.1, 0.15) is 29.3 Å². The second-order valence-corrected chi connectivity index (χ2v) is 12.0. The Balaban J connectivity index is 1.95. The van der Waals surface area contributed by atoms with Gasteiger partial charge in [0.2, 0.25) is 0 Å². The summed E-state index contributed by atoms with van der Waals surface area (Å²) in [6.07, 6.45) is 1.39. The van der Waals surface area contributed by atoms with Crippen LogP contribution < -0.4 is 11.1 Å². The lowest BCUT2D eigenvalue weighted by Crippen LogP contribution is -2.11. The molecule has 0 saturated carbocycles. The average molecular weight is 535 g/mol. The minimum absolute atomic E-state index is 0.0576. The highest BCUT2D eigenvalue weighted by molar-refractivity contribution is 7.93. The molecule has 3 N–H and O–H groups in total. The van der Waals surface area contributed by atoms with Crippen LogP contribution in [0.4, 0.5) is 21.6 Å². The van der Waals surface area contributed by atoms with Gasteiger partial charge in [0.05, 0.1) is 20.8 Å². The number of nitrogen functional groups attached to an aromatic ring is 1. The van der Waals surface area contributed by atoms with Gasteiger partial charge < -0.3 is 15.6 Å². The molecule has 0 unspecified atom stereocenters. The normalized spacial score (nSPS) is 11.5. The molecule has 0 atom stereocenters. The monoisotopic (exact) mass is 534 g/mol. The van der Waals surface area contributed by atoms with Gasteiger partial charge in [0.25, 0.3) is 5.91 Å². The number of rotatable bonds is 7. The number of carbonyl (C=O) groups excluding carboxylic acids is 1. The first-order valence-electron chi connectivity index (χ1n) is 12.2. The summed E-state index contributed by atoms with van der Waals surface area (Å²) in [5, 5.41) is 3.42. The molecule has 10 heteroatoms. The zero-order valence-electron chi connectivity index (χ0n) is 22.1. The van der Waals surface area contributed by atoms with E-state index in [-0.39, 0.29) is 17.4 Å². The Hall–Kier alpha value is -4.05. The van der Waals surface area contributed by atoms with Crippen molar-refractivity contribution in [3.05, 3.63) is 66.3 Å². The summed E-state index contributed by atoms with van der Waals surface area (Å²) in [6.45, 7) is 10.8. The van der Waals surface area contributed by atoms with E-state index in [4.69, 9.17) is 5.73 Å². The van der Waals surface area contributed by atoms with Crippen molar-refractivity contribution in [3.63, 3.8) is 0 Å². The first-order valence-corrected chi connectivity index (χ1v) is 14.0. The van der Waals surface area contributed by atoms with Crippen molar-refractivity contribution in [3.8, 4) is 22.4 Å². The molecule has 2 heterocycles. The molecule has 198 valence electrons. The molecule has 0 radical (unpaired) electrons. The maximum Gasteiger partial charge on any atom is 0.250 e. The molecule has 0 saturated heterocycles. The SMILES string of the molecule is C=C(C)C(=O)Nc1ccc(-c2c(-c3ccc(N=S(=O)(CC)CC)c(F)c3)c3c(N)ncnc3n2C)c(C)c1. The lowest BCUT2D eigenvalue weighted by molar-refractivity contribution is -0.112. The molecule has 0 fully saturated rings. The summed E-state index contributed by atoms with van der Waals surface area (Å²) in [5.74, 6) is 0.109. The van der Waals surface area contributed by atoms with Crippen molar-refractivity contribution in [1.82, 2.24) is 14.5 Å². The molecule has 38 heavy (non-hydrogen) atoms. The molecular formula is C28H31FN6O2S. The molecular weight excluding hydrogens is 503 g/mol. The van der Waals surface area contributed by atoms with E-state index in [1.54, 1.807) is 39.0 Å². The zero-order chi connectivity index (χ0) is 27.8. The number of nitrogens with zero attached hydrogens (tertiary/aromatic N) is 4. The number of carbonyl (C=O) groups is 1. The van der Waals surface area contributed by atoms with Crippen molar-refractivity contribution in [2.45, 2.75) is 27.7 Å². The minimum atomic E-state index is -2.52. The van der Waals surface area contributed by atoms with Gasteiger partial charge in [-0.3, -0.25) is 4.79 Å². The van der Waals surface area contributed by atoms with Crippen LogP contribution >= 0.6 is 0 Å². The van der Waals surface area contributed by atoms with E-state index in [9.17, 15) is 9.00 Å². The van der Waals surface area contributed by atoms with E-state index in [0.29, 0.717) is 44.9 Å². The summed E-state index contributed by atoms with van der Waals surface area (Å²) in [5.41, 5.74) is 11.7. The van der Waals surface area contributed by atoms with Crippen LogP contribution in [0.25, 0.3) is 33.4 Å². The average Bonchev–Trinajstić information content (AvgIpc) is 3.18. The summed E-state index contributed by atoms with van der Waals surface area (Å²) in [4.78, 5) is 20.7. The largest absolute Gasteiger partial charge is 0.383 e. The number of nitrogens with two attached hydrogens (primary N) is 1. The number of anilines is 2. The number of hydrogen-bond acceptors (Lipinski definition) is 6. The smallest absolute Gasteiger partial charge is 0.250 e. The summed E-state index contributed by atoms with van der Waals surface area (Å²) in [6, 6.07) is 10.2. The fraction of sp³-hybridized carbons (Fsp3) is 0.250. The van der Waals surface area contributed by atoms with E-state index in [1.165, 1.54) is 12.4 Å². The summed E-state index contributed by atoms with van der Waals surface area (Å²) in [7, 11) is -0.662. The third kappa shape index (κ3) is 4.91. The molecule has 0 aliphatic carbocycles. The molecule has 2 aromatic carbocycles. The number of aromatic nitrogens is 3. The first kappa shape index (κ1) is 27.0. The Bertz CT molecular complexity index is 1710. The van der Waals surface area contributed by atoms with Gasteiger partial charge in [-0.05, 0) is 49.2 Å². The lowest BCUT2D eigenvalue weighted by Gasteiger charge is -2.14. The molecule has 8 nitrogen and oxygen atoms in total. The van der Waals surface area contributed by atoms with Crippen molar-refractivity contribution in [2.75, 3.05) is 22.6 Å². The fourth-order valence-corrected chi connectivity index (χ4v) is 5.54. The van der Waals surface area contributed by atoms with Gasteiger partial charge in [0, 0.05) is 40.9 Å². The van der Waals surface area contributed by atoms with Crippen LogP contribution in [0.15, 0.2) is 59.2 Å². The van der Waals surface area contributed by atoms with Crippen LogP contribution in [0.3, 0.4) is 0 Å². The topological polar surface area (TPSA) is 115 Å². The van der Waals surface area contributed by atoms with Crippen molar-refractivity contribution < 1.29 is 13.4 Å². The molecule has 2 aromatic heterocycles. The van der Waals surface area contributed by atoms with Crippen LogP contribution in [0.5, 0.6) is 0 Å². The zero-order valence-corrected chi connectivity index (χ0v) is 22.9. The highest BCUT2D eigenvalue weighted by Gasteiger charge is 2.24. The van der Waals surface area contributed by atoms with Crippen molar-refractivity contribution in [1.29, 1.82) is 0 Å². The van der Waals surface area contributed by atoms with E-state index in [1.807, 2.05) is 30.7 Å². The molecule has 0 aliphatic heterocycles. The molecule has 4 aromatic rings. The molecule has 0 bridgehead atoms. The summed E-state index contributed by atoms with van der Waals surface area (Å²) < 4.78 is 34.3. The molecule has 0 spiro atoms.